The SMILES string of the molecule is CC(NC(=O)[C@H]1CCN[C@@H](C)C1)c1ccc2c(c1)CC(=O)N2.Cl. The van der Waals surface area contributed by atoms with Crippen LogP contribution in [-0.2, 0) is 16.0 Å². The van der Waals surface area contributed by atoms with Crippen LogP contribution in [0.4, 0.5) is 5.69 Å². The van der Waals surface area contributed by atoms with E-state index >= 15 is 0 Å². The van der Waals surface area contributed by atoms with Crippen LogP contribution in [0.1, 0.15) is 43.9 Å². The van der Waals surface area contributed by atoms with E-state index in [0.29, 0.717) is 12.5 Å². The van der Waals surface area contributed by atoms with Gasteiger partial charge in [-0.15, -0.1) is 12.4 Å². The summed E-state index contributed by atoms with van der Waals surface area (Å²) in [5, 5.41) is 9.31. The minimum Gasteiger partial charge on any atom is -0.349 e. The molecule has 2 aliphatic heterocycles. The predicted octanol–water partition coefficient (Wildman–Crippen LogP) is 2.17. The molecule has 3 atom stereocenters. The maximum atomic E-state index is 12.4. The van der Waals surface area contributed by atoms with Crippen LogP contribution >= 0.6 is 12.4 Å². The van der Waals surface area contributed by atoms with Crippen LogP contribution in [-0.4, -0.2) is 24.4 Å². The second-order valence-corrected chi connectivity index (χ2v) is 6.45. The lowest BCUT2D eigenvalue weighted by Crippen LogP contribution is -2.42. The highest BCUT2D eigenvalue weighted by atomic mass is 35.5. The summed E-state index contributed by atoms with van der Waals surface area (Å²) in [5.41, 5.74) is 2.95. The Bertz CT molecular complexity index is 606. The molecule has 2 aliphatic rings. The normalized spacial score (nSPS) is 24.2. The summed E-state index contributed by atoms with van der Waals surface area (Å²) in [6.07, 6.45) is 2.21. The fraction of sp³-hybridized carbons (Fsp3) is 0.529. The molecule has 3 rings (SSSR count). The highest BCUT2D eigenvalue weighted by molar-refractivity contribution is 5.99. The van der Waals surface area contributed by atoms with Crippen molar-refractivity contribution in [1.29, 1.82) is 0 Å². The monoisotopic (exact) mass is 337 g/mol. The third-order valence-electron chi connectivity index (χ3n) is 4.61. The van der Waals surface area contributed by atoms with Crippen LogP contribution in [0.3, 0.4) is 0 Å². The molecule has 3 N–H and O–H groups in total. The average Bonchev–Trinajstić information content (AvgIpc) is 2.86. The van der Waals surface area contributed by atoms with Crippen molar-refractivity contribution in [2.24, 2.45) is 5.92 Å². The number of nitrogens with one attached hydrogen (secondary N) is 3. The molecule has 1 aromatic carbocycles. The first-order valence-electron chi connectivity index (χ1n) is 7.99. The first kappa shape index (κ1) is 17.8. The lowest BCUT2D eigenvalue weighted by atomic mass is 9.92. The number of hydrogen-bond donors (Lipinski definition) is 3. The number of amides is 2. The van der Waals surface area contributed by atoms with Crippen LogP contribution < -0.4 is 16.0 Å². The van der Waals surface area contributed by atoms with E-state index in [9.17, 15) is 9.59 Å². The standard InChI is InChI=1S/C17H23N3O2.ClH/c1-10-7-13(5-6-18-10)17(22)19-11(2)12-3-4-15-14(8-12)9-16(21)20-15;/h3-4,8,10-11,13,18H,5-7,9H2,1-2H3,(H,19,22)(H,20,21);1H/t10-,11?,13-;/m0./s1. The molecule has 2 heterocycles. The number of halogens is 1. The van der Waals surface area contributed by atoms with Crippen molar-refractivity contribution < 1.29 is 9.59 Å². The lowest BCUT2D eigenvalue weighted by molar-refractivity contribution is -0.126. The van der Waals surface area contributed by atoms with E-state index in [2.05, 4.69) is 22.9 Å². The smallest absolute Gasteiger partial charge is 0.228 e. The second-order valence-electron chi connectivity index (χ2n) is 6.45. The van der Waals surface area contributed by atoms with Crippen LogP contribution in [0.2, 0.25) is 0 Å². The molecule has 126 valence electrons. The number of piperidine rings is 1. The van der Waals surface area contributed by atoms with Gasteiger partial charge >= 0.3 is 0 Å². The molecule has 23 heavy (non-hydrogen) atoms. The van der Waals surface area contributed by atoms with E-state index in [1.165, 1.54) is 0 Å². The summed E-state index contributed by atoms with van der Waals surface area (Å²) in [6.45, 7) is 5.02. The van der Waals surface area contributed by atoms with Crippen molar-refractivity contribution >= 4 is 29.9 Å². The first-order valence-corrected chi connectivity index (χ1v) is 7.99. The minimum absolute atomic E-state index is 0. The molecule has 2 amide bonds. The van der Waals surface area contributed by atoms with E-state index in [1.54, 1.807) is 0 Å². The Morgan fingerprint density at radius 2 is 2.17 bits per heavy atom. The van der Waals surface area contributed by atoms with Gasteiger partial charge in [0, 0.05) is 17.6 Å². The second kappa shape index (κ2) is 7.32. The zero-order valence-corrected chi connectivity index (χ0v) is 14.3. The third-order valence-corrected chi connectivity index (χ3v) is 4.61. The van der Waals surface area contributed by atoms with E-state index < -0.39 is 0 Å². The van der Waals surface area contributed by atoms with Gasteiger partial charge in [-0.05, 0) is 50.4 Å². The first-order chi connectivity index (χ1) is 10.5. The van der Waals surface area contributed by atoms with Crippen molar-refractivity contribution in [2.45, 2.75) is 45.2 Å². The Labute approximate surface area is 143 Å². The highest BCUT2D eigenvalue weighted by Gasteiger charge is 2.26. The molecule has 0 bridgehead atoms. The summed E-state index contributed by atoms with van der Waals surface area (Å²) >= 11 is 0. The van der Waals surface area contributed by atoms with Gasteiger partial charge in [0.15, 0.2) is 0 Å². The molecule has 1 unspecified atom stereocenters. The number of fused-ring (bicyclic) bond motifs is 1. The van der Waals surface area contributed by atoms with Crippen molar-refractivity contribution in [3.05, 3.63) is 29.3 Å². The molecule has 0 radical (unpaired) electrons. The maximum absolute atomic E-state index is 12.4. The summed E-state index contributed by atoms with van der Waals surface area (Å²) in [5.74, 6) is 0.263. The van der Waals surface area contributed by atoms with Crippen molar-refractivity contribution in [2.75, 3.05) is 11.9 Å². The number of anilines is 1. The predicted molar refractivity (Wildman–Crippen MR) is 92.8 cm³/mol. The summed E-state index contributed by atoms with van der Waals surface area (Å²) in [7, 11) is 0. The number of carbonyl (C=O) groups excluding carboxylic acids is 2. The largest absolute Gasteiger partial charge is 0.349 e. The Hall–Kier alpha value is -1.59. The molecule has 1 aromatic rings. The van der Waals surface area contributed by atoms with Crippen LogP contribution in [0.15, 0.2) is 18.2 Å². The van der Waals surface area contributed by atoms with Crippen LogP contribution in [0.25, 0.3) is 0 Å². The summed E-state index contributed by atoms with van der Waals surface area (Å²) in [6, 6.07) is 6.27. The van der Waals surface area contributed by atoms with E-state index in [0.717, 1.165) is 36.2 Å². The molecular formula is C17H24ClN3O2. The Morgan fingerprint density at radius 1 is 1.39 bits per heavy atom. The number of carbonyl (C=O) groups is 2. The summed E-state index contributed by atoms with van der Waals surface area (Å²) < 4.78 is 0. The molecule has 6 heteroatoms. The zero-order valence-electron chi connectivity index (χ0n) is 13.5. The molecule has 1 saturated heterocycles. The number of hydrogen-bond acceptors (Lipinski definition) is 3. The Kier molecular flexibility index (Phi) is 5.65. The average molecular weight is 338 g/mol. The topological polar surface area (TPSA) is 70.2 Å². The quantitative estimate of drug-likeness (QED) is 0.791. The molecule has 5 nitrogen and oxygen atoms in total. The number of rotatable bonds is 3. The summed E-state index contributed by atoms with van der Waals surface area (Å²) in [4.78, 5) is 23.8. The lowest BCUT2D eigenvalue weighted by Gasteiger charge is -2.28. The van der Waals surface area contributed by atoms with E-state index in [-0.39, 0.29) is 36.2 Å². The van der Waals surface area contributed by atoms with Crippen molar-refractivity contribution in [3.63, 3.8) is 0 Å². The van der Waals surface area contributed by atoms with Gasteiger partial charge in [0.05, 0.1) is 12.5 Å². The zero-order chi connectivity index (χ0) is 15.7. The maximum Gasteiger partial charge on any atom is 0.228 e. The Morgan fingerprint density at radius 3 is 2.91 bits per heavy atom. The third kappa shape index (κ3) is 4.03. The molecule has 0 spiro atoms. The van der Waals surface area contributed by atoms with Gasteiger partial charge in [-0.1, -0.05) is 12.1 Å². The van der Waals surface area contributed by atoms with E-state index in [4.69, 9.17) is 0 Å². The van der Waals surface area contributed by atoms with Gasteiger partial charge in [0.2, 0.25) is 11.8 Å². The molecule has 0 aromatic heterocycles. The molecule has 0 aliphatic carbocycles. The van der Waals surface area contributed by atoms with Gasteiger partial charge in [0.1, 0.15) is 0 Å². The van der Waals surface area contributed by atoms with Gasteiger partial charge < -0.3 is 16.0 Å². The van der Waals surface area contributed by atoms with Crippen LogP contribution in [0.5, 0.6) is 0 Å². The van der Waals surface area contributed by atoms with Gasteiger partial charge in [-0.3, -0.25) is 9.59 Å². The van der Waals surface area contributed by atoms with Crippen molar-refractivity contribution in [1.82, 2.24) is 10.6 Å². The fourth-order valence-electron chi connectivity index (χ4n) is 3.30. The Balaban J connectivity index is 0.00000192. The van der Waals surface area contributed by atoms with Gasteiger partial charge in [-0.2, -0.15) is 0 Å². The van der Waals surface area contributed by atoms with Crippen LogP contribution in [0, 0.1) is 5.92 Å². The van der Waals surface area contributed by atoms with Crippen molar-refractivity contribution in [3.8, 4) is 0 Å². The minimum atomic E-state index is -0.0429. The number of benzene rings is 1. The molecule has 0 saturated carbocycles. The van der Waals surface area contributed by atoms with Gasteiger partial charge in [0.25, 0.3) is 0 Å². The molecule has 1 fully saturated rings. The van der Waals surface area contributed by atoms with E-state index in [1.807, 2.05) is 25.1 Å². The fourth-order valence-corrected chi connectivity index (χ4v) is 3.30. The molecular weight excluding hydrogens is 314 g/mol. The highest BCUT2D eigenvalue weighted by Crippen LogP contribution is 2.27. The van der Waals surface area contributed by atoms with Gasteiger partial charge in [-0.25, -0.2) is 0 Å².